The minimum atomic E-state index is -0.265. The highest BCUT2D eigenvalue weighted by atomic mass is 16.5. The average molecular weight is 314 g/mol. The molecular weight excluding hydrogens is 292 g/mol. The van der Waals surface area contributed by atoms with Gasteiger partial charge in [0.1, 0.15) is 11.5 Å². The minimum Gasteiger partial charge on any atom is -0.457 e. The Hall–Kier alpha value is -2.37. The molecule has 2 aromatic carbocycles. The summed E-state index contributed by atoms with van der Waals surface area (Å²) in [5, 5.41) is 2.81. The number of rotatable bonds is 7. The fraction of sp³-hybridized carbons (Fsp3) is 0.278. The lowest BCUT2D eigenvalue weighted by atomic mass is 10.2. The first kappa shape index (κ1) is 17.0. The number of anilines is 1. The number of amides is 1. The molecule has 122 valence electrons. The molecule has 1 amide bonds. The molecule has 1 unspecified atom stereocenters. The van der Waals surface area contributed by atoms with E-state index >= 15 is 0 Å². The highest BCUT2D eigenvalue weighted by Crippen LogP contribution is 2.23. The number of ether oxygens (including phenoxy) is 2. The Balaban J connectivity index is 1.91. The van der Waals surface area contributed by atoms with E-state index < -0.39 is 0 Å². The SMILES string of the molecule is COC(CN)CC(=O)Nc1ccc(Oc2ccc(C)cc2)cc1. The van der Waals surface area contributed by atoms with Crippen LogP contribution in [0.4, 0.5) is 5.69 Å². The van der Waals surface area contributed by atoms with Crippen LogP contribution in [-0.4, -0.2) is 25.7 Å². The number of nitrogens with two attached hydrogens (primary N) is 1. The minimum absolute atomic E-state index is 0.130. The Morgan fingerprint density at radius 3 is 2.17 bits per heavy atom. The molecule has 0 saturated heterocycles. The summed E-state index contributed by atoms with van der Waals surface area (Å²) in [6.45, 7) is 2.34. The van der Waals surface area contributed by atoms with Crippen LogP contribution < -0.4 is 15.8 Å². The van der Waals surface area contributed by atoms with Gasteiger partial charge < -0.3 is 20.5 Å². The van der Waals surface area contributed by atoms with E-state index in [0.29, 0.717) is 18.0 Å². The smallest absolute Gasteiger partial charge is 0.227 e. The summed E-state index contributed by atoms with van der Waals surface area (Å²) in [4.78, 5) is 11.9. The molecule has 0 aromatic heterocycles. The third-order valence-electron chi connectivity index (χ3n) is 3.40. The maximum absolute atomic E-state index is 11.9. The predicted molar refractivity (Wildman–Crippen MR) is 90.8 cm³/mol. The first-order valence-electron chi connectivity index (χ1n) is 7.48. The lowest BCUT2D eigenvalue weighted by Crippen LogP contribution is -2.28. The van der Waals surface area contributed by atoms with Crippen molar-refractivity contribution < 1.29 is 14.3 Å². The molecule has 2 rings (SSSR count). The van der Waals surface area contributed by atoms with Gasteiger partial charge in [0.25, 0.3) is 0 Å². The zero-order chi connectivity index (χ0) is 16.7. The van der Waals surface area contributed by atoms with Crippen molar-refractivity contribution in [2.45, 2.75) is 19.4 Å². The van der Waals surface area contributed by atoms with E-state index in [2.05, 4.69) is 5.32 Å². The number of hydrogen-bond donors (Lipinski definition) is 2. The molecule has 5 nitrogen and oxygen atoms in total. The molecule has 23 heavy (non-hydrogen) atoms. The first-order chi connectivity index (χ1) is 11.1. The van der Waals surface area contributed by atoms with Crippen LogP contribution in [0, 0.1) is 6.92 Å². The van der Waals surface area contributed by atoms with E-state index in [1.165, 1.54) is 5.56 Å². The van der Waals surface area contributed by atoms with Gasteiger partial charge in [-0.15, -0.1) is 0 Å². The zero-order valence-electron chi connectivity index (χ0n) is 13.4. The number of nitrogens with one attached hydrogen (secondary N) is 1. The van der Waals surface area contributed by atoms with E-state index in [-0.39, 0.29) is 18.4 Å². The van der Waals surface area contributed by atoms with Gasteiger partial charge in [0.2, 0.25) is 5.91 Å². The molecule has 0 bridgehead atoms. The number of hydrogen-bond acceptors (Lipinski definition) is 4. The summed E-state index contributed by atoms with van der Waals surface area (Å²) in [5.41, 5.74) is 7.40. The third-order valence-corrected chi connectivity index (χ3v) is 3.40. The topological polar surface area (TPSA) is 73.6 Å². The van der Waals surface area contributed by atoms with E-state index in [9.17, 15) is 4.79 Å². The van der Waals surface area contributed by atoms with Crippen LogP contribution in [0.3, 0.4) is 0 Å². The summed E-state index contributed by atoms with van der Waals surface area (Å²) in [6, 6.07) is 15.0. The molecule has 2 aromatic rings. The Labute approximate surface area is 136 Å². The molecule has 0 spiro atoms. The van der Waals surface area contributed by atoms with Crippen molar-refractivity contribution in [2.24, 2.45) is 5.73 Å². The van der Waals surface area contributed by atoms with Crippen molar-refractivity contribution in [1.29, 1.82) is 0 Å². The highest BCUT2D eigenvalue weighted by Gasteiger charge is 2.11. The largest absolute Gasteiger partial charge is 0.457 e. The van der Waals surface area contributed by atoms with E-state index in [4.69, 9.17) is 15.2 Å². The van der Waals surface area contributed by atoms with Crippen molar-refractivity contribution in [3.05, 3.63) is 54.1 Å². The van der Waals surface area contributed by atoms with Crippen molar-refractivity contribution in [3.63, 3.8) is 0 Å². The fourth-order valence-corrected chi connectivity index (χ4v) is 2.03. The molecule has 0 saturated carbocycles. The maximum atomic E-state index is 11.9. The van der Waals surface area contributed by atoms with Crippen LogP contribution in [0.25, 0.3) is 0 Å². The summed E-state index contributed by atoms with van der Waals surface area (Å²) in [5.74, 6) is 1.36. The quantitative estimate of drug-likeness (QED) is 0.823. The number of methoxy groups -OCH3 is 1. The second kappa shape index (κ2) is 8.31. The molecular formula is C18H22N2O3. The number of benzene rings is 2. The molecule has 0 radical (unpaired) electrons. The Kier molecular flexibility index (Phi) is 6.14. The monoisotopic (exact) mass is 314 g/mol. The average Bonchev–Trinajstić information content (AvgIpc) is 2.56. The van der Waals surface area contributed by atoms with Crippen LogP contribution in [0.2, 0.25) is 0 Å². The van der Waals surface area contributed by atoms with E-state index in [0.717, 1.165) is 5.75 Å². The lowest BCUT2D eigenvalue weighted by Gasteiger charge is -2.13. The second-order valence-electron chi connectivity index (χ2n) is 5.29. The molecule has 0 heterocycles. The van der Waals surface area contributed by atoms with Gasteiger partial charge in [0, 0.05) is 19.3 Å². The molecule has 3 N–H and O–H groups in total. The molecule has 1 atom stereocenters. The summed E-state index contributed by atoms with van der Waals surface area (Å²) >= 11 is 0. The Morgan fingerprint density at radius 2 is 1.65 bits per heavy atom. The van der Waals surface area contributed by atoms with Gasteiger partial charge >= 0.3 is 0 Å². The Morgan fingerprint density at radius 1 is 1.09 bits per heavy atom. The van der Waals surface area contributed by atoms with Gasteiger partial charge in [-0.05, 0) is 43.3 Å². The Bertz CT molecular complexity index is 620. The van der Waals surface area contributed by atoms with Crippen molar-refractivity contribution in [2.75, 3.05) is 19.0 Å². The van der Waals surface area contributed by atoms with Gasteiger partial charge in [-0.1, -0.05) is 17.7 Å². The number of aryl methyl sites for hydroxylation is 1. The molecule has 0 aliphatic rings. The molecule has 0 aliphatic heterocycles. The van der Waals surface area contributed by atoms with E-state index in [1.807, 2.05) is 43.3 Å². The van der Waals surface area contributed by atoms with Crippen LogP contribution >= 0.6 is 0 Å². The highest BCUT2D eigenvalue weighted by molar-refractivity contribution is 5.91. The maximum Gasteiger partial charge on any atom is 0.227 e. The predicted octanol–water partition coefficient (Wildman–Crippen LogP) is 3.09. The van der Waals surface area contributed by atoms with Gasteiger partial charge in [0.15, 0.2) is 0 Å². The van der Waals surface area contributed by atoms with Crippen LogP contribution in [-0.2, 0) is 9.53 Å². The molecule has 5 heteroatoms. The van der Waals surface area contributed by atoms with Crippen LogP contribution in [0.15, 0.2) is 48.5 Å². The summed E-state index contributed by atoms with van der Waals surface area (Å²) < 4.78 is 10.8. The number of carbonyl (C=O) groups is 1. The fourth-order valence-electron chi connectivity index (χ4n) is 2.03. The van der Waals surface area contributed by atoms with Crippen molar-refractivity contribution in [1.82, 2.24) is 0 Å². The third kappa shape index (κ3) is 5.39. The van der Waals surface area contributed by atoms with Gasteiger partial charge in [0.05, 0.1) is 12.5 Å². The van der Waals surface area contributed by atoms with Crippen molar-refractivity contribution >= 4 is 11.6 Å². The van der Waals surface area contributed by atoms with Gasteiger partial charge in [-0.2, -0.15) is 0 Å². The van der Waals surface area contributed by atoms with Crippen LogP contribution in [0.1, 0.15) is 12.0 Å². The summed E-state index contributed by atoms with van der Waals surface area (Å²) in [7, 11) is 1.54. The lowest BCUT2D eigenvalue weighted by molar-refractivity contribution is -0.118. The van der Waals surface area contributed by atoms with Gasteiger partial charge in [-0.25, -0.2) is 0 Å². The van der Waals surface area contributed by atoms with E-state index in [1.54, 1.807) is 19.2 Å². The number of carbonyl (C=O) groups excluding carboxylic acids is 1. The van der Waals surface area contributed by atoms with Gasteiger partial charge in [-0.3, -0.25) is 4.79 Å². The second-order valence-corrected chi connectivity index (χ2v) is 5.29. The normalized spacial score (nSPS) is 11.8. The zero-order valence-corrected chi connectivity index (χ0v) is 13.4. The standard InChI is InChI=1S/C18H22N2O3/c1-13-3-7-15(8-4-13)23-16-9-5-14(6-10-16)20-18(21)11-17(12-19)22-2/h3-10,17H,11-12,19H2,1-2H3,(H,20,21). The first-order valence-corrected chi connectivity index (χ1v) is 7.48. The molecule has 0 fully saturated rings. The van der Waals surface area contributed by atoms with Crippen LogP contribution in [0.5, 0.6) is 11.5 Å². The molecule has 0 aliphatic carbocycles. The summed E-state index contributed by atoms with van der Waals surface area (Å²) in [6.07, 6.45) is -0.0339. The van der Waals surface area contributed by atoms with Crippen molar-refractivity contribution in [3.8, 4) is 11.5 Å².